The third-order valence-corrected chi connectivity index (χ3v) is 3.02. The fourth-order valence-corrected chi connectivity index (χ4v) is 2.01. The van der Waals surface area contributed by atoms with Crippen molar-refractivity contribution in [2.75, 3.05) is 24.2 Å². The van der Waals surface area contributed by atoms with E-state index < -0.39 is 0 Å². The van der Waals surface area contributed by atoms with Gasteiger partial charge in [0.1, 0.15) is 18.2 Å². The molecule has 0 saturated heterocycles. The van der Waals surface area contributed by atoms with Gasteiger partial charge in [-0.05, 0) is 19.1 Å². The molecule has 0 unspecified atom stereocenters. The Morgan fingerprint density at radius 3 is 3.10 bits per heavy atom. The van der Waals surface area contributed by atoms with Crippen LogP contribution in [0.5, 0.6) is 5.75 Å². The summed E-state index contributed by atoms with van der Waals surface area (Å²) in [5.74, 6) is 2.27. The molecular weight excluding hydrogens is 268 g/mol. The Hall–Kier alpha value is -2.83. The lowest BCUT2D eigenvalue weighted by molar-refractivity contribution is 0.333. The van der Waals surface area contributed by atoms with Crippen molar-refractivity contribution in [3.8, 4) is 5.75 Å². The molecular formula is C14H16N6O. The Morgan fingerprint density at radius 1 is 1.33 bits per heavy atom. The molecule has 0 aliphatic rings. The maximum atomic E-state index is 5.69. The summed E-state index contributed by atoms with van der Waals surface area (Å²) in [5, 5.41) is 11.3. The van der Waals surface area contributed by atoms with Crippen LogP contribution in [0.4, 0.5) is 11.5 Å². The highest BCUT2D eigenvalue weighted by Gasteiger charge is 2.06. The molecule has 7 nitrogen and oxygen atoms in total. The van der Waals surface area contributed by atoms with Crippen LogP contribution in [0.2, 0.25) is 0 Å². The van der Waals surface area contributed by atoms with Gasteiger partial charge in [0.2, 0.25) is 5.65 Å². The van der Waals surface area contributed by atoms with Gasteiger partial charge in [-0.1, -0.05) is 6.07 Å². The van der Waals surface area contributed by atoms with E-state index in [0.29, 0.717) is 30.3 Å². The molecule has 0 amide bonds. The Balaban J connectivity index is 1.60. The monoisotopic (exact) mass is 284 g/mol. The average Bonchev–Trinajstić information content (AvgIpc) is 2.86. The van der Waals surface area contributed by atoms with Gasteiger partial charge < -0.3 is 15.8 Å². The number of nitrogens with zero attached hydrogens (tertiary/aromatic N) is 4. The molecule has 1 aromatic carbocycles. The number of hydrogen-bond donors (Lipinski definition) is 2. The number of aromatic nitrogens is 4. The van der Waals surface area contributed by atoms with Crippen LogP contribution in [0.1, 0.15) is 5.82 Å². The van der Waals surface area contributed by atoms with Crippen LogP contribution >= 0.6 is 0 Å². The first-order valence-electron chi connectivity index (χ1n) is 6.62. The first-order valence-corrected chi connectivity index (χ1v) is 6.62. The lowest BCUT2D eigenvalue weighted by Crippen LogP contribution is -2.13. The maximum absolute atomic E-state index is 5.69. The molecule has 0 spiro atoms. The molecule has 3 N–H and O–H groups in total. The minimum absolute atomic E-state index is 0.499. The molecule has 108 valence electrons. The summed E-state index contributed by atoms with van der Waals surface area (Å²) in [7, 11) is 0. The number of nitrogen functional groups attached to an aromatic ring is 1. The van der Waals surface area contributed by atoms with E-state index in [1.807, 2.05) is 35.7 Å². The van der Waals surface area contributed by atoms with Crippen molar-refractivity contribution in [1.82, 2.24) is 19.6 Å². The zero-order valence-electron chi connectivity index (χ0n) is 11.7. The van der Waals surface area contributed by atoms with Crippen LogP contribution in [-0.4, -0.2) is 32.7 Å². The van der Waals surface area contributed by atoms with Crippen LogP contribution in [0, 0.1) is 6.92 Å². The lowest BCUT2D eigenvalue weighted by Gasteiger charge is -2.08. The van der Waals surface area contributed by atoms with Crippen molar-refractivity contribution in [3.63, 3.8) is 0 Å². The highest BCUT2D eigenvalue weighted by molar-refractivity contribution is 5.61. The van der Waals surface area contributed by atoms with Gasteiger partial charge >= 0.3 is 0 Å². The highest BCUT2D eigenvalue weighted by atomic mass is 16.5. The lowest BCUT2D eigenvalue weighted by atomic mass is 10.3. The zero-order chi connectivity index (χ0) is 14.7. The SMILES string of the molecule is Cc1nnc2c(NCCOc3cccc(N)c3)nccn12. The minimum atomic E-state index is 0.499. The Morgan fingerprint density at radius 2 is 2.24 bits per heavy atom. The van der Waals surface area contributed by atoms with Crippen LogP contribution < -0.4 is 15.8 Å². The smallest absolute Gasteiger partial charge is 0.203 e. The first-order chi connectivity index (χ1) is 10.2. The van der Waals surface area contributed by atoms with Gasteiger partial charge in [-0.3, -0.25) is 4.40 Å². The second-order valence-electron chi connectivity index (χ2n) is 4.56. The second-order valence-corrected chi connectivity index (χ2v) is 4.56. The molecule has 0 radical (unpaired) electrons. The normalized spacial score (nSPS) is 10.7. The quantitative estimate of drug-likeness (QED) is 0.545. The van der Waals surface area contributed by atoms with E-state index in [0.717, 1.165) is 11.6 Å². The summed E-state index contributed by atoms with van der Waals surface area (Å²) in [5.41, 5.74) is 7.09. The van der Waals surface area contributed by atoms with Crippen molar-refractivity contribution >= 4 is 17.2 Å². The molecule has 0 saturated carbocycles. The van der Waals surface area contributed by atoms with E-state index >= 15 is 0 Å². The minimum Gasteiger partial charge on any atom is -0.492 e. The van der Waals surface area contributed by atoms with Crippen molar-refractivity contribution in [1.29, 1.82) is 0 Å². The van der Waals surface area contributed by atoms with Gasteiger partial charge in [0, 0.05) is 24.1 Å². The van der Waals surface area contributed by atoms with Crippen LogP contribution in [0.3, 0.4) is 0 Å². The van der Waals surface area contributed by atoms with E-state index in [2.05, 4.69) is 20.5 Å². The number of nitrogens with one attached hydrogen (secondary N) is 1. The van der Waals surface area contributed by atoms with Crippen LogP contribution in [-0.2, 0) is 0 Å². The van der Waals surface area contributed by atoms with Gasteiger partial charge in [-0.2, -0.15) is 0 Å². The number of ether oxygens (including phenoxy) is 1. The van der Waals surface area contributed by atoms with Gasteiger partial charge in [0.05, 0.1) is 6.54 Å². The molecule has 21 heavy (non-hydrogen) atoms. The number of rotatable bonds is 5. The van der Waals surface area contributed by atoms with Crippen molar-refractivity contribution < 1.29 is 4.74 Å². The maximum Gasteiger partial charge on any atom is 0.203 e. The molecule has 0 atom stereocenters. The Kier molecular flexibility index (Phi) is 3.55. The van der Waals surface area contributed by atoms with E-state index in [4.69, 9.17) is 10.5 Å². The molecule has 3 rings (SSSR count). The van der Waals surface area contributed by atoms with Gasteiger partial charge in [0.25, 0.3) is 0 Å². The van der Waals surface area contributed by atoms with Crippen molar-refractivity contribution in [2.45, 2.75) is 6.92 Å². The van der Waals surface area contributed by atoms with Gasteiger partial charge in [0.15, 0.2) is 5.82 Å². The summed E-state index contributed by atoms with van der Waals surface area (Å²) < 4.78 is 7.50. The van der Waals surface area contributed by atoms with Gasteiger partial charge in [-0.25, -0.2) is 4.98 Å². The molecule has 0 aliphatic carbocycles. The second kappa shape index (κ2) is 5.66. The first kappa shape index (κ1) is 13.2. The summed E-state index contributed by atoms with van der Waals surface area (Å²) in [6.45, 7) is 3.00. The van der Waals surface area contributed by atoms with Crippen LogP contribution in [0.15, 0.2) is 36.7 Å². The topological polar surface area (TPSA) is 90.4 Å². The fraction of sp³-hybridized carbons (Fsp3) is 0.214. The van der Waals surface area contributed by atoms with E-state index in [-0.39, 0.29) is 0 Å². The van der Waals surface area contributed by atoms with Crippen molar-refractivity contribution in [2.24, 2.45) is 0 Å². The number of nitrogens with two attached hydrogens (primary N) is 1. The van der Waals surface area contributed by atoms with Crippen LogP contribution in [0.25, 0.3) is 5.65 Å². The number of anilines is 2. The molecule has 0 fully saturated rings. The Labute approximate surface area is 121 Å². The van der Waals surface area contributed by atoms with E-state index in [1.54, 1.807) is 12.3 Å². The third kappa shape index (κ3) is 2.86. The molecule has 2 heterocycles. The summed E-state index contributed by atoms with van der Waals surface area (Å²) in [4.78, 5) is 4.27. The fourth-order valence-electron chi connectivity index (χ4n) is 2.01. The summed E-state index contributed by atoms with van der Waals surface area (Å²) in [6, 6.07) is 7.35. The predicted molar refractivity (Wildman–Crippen MR) is 80.4 cm³/mol. The summed E-state index contributed by atoms with van der Waals surface area (Å²) in [6.07, 6.45) is 3.55. The zero-order valence-corrected chi connectivity index (χ0v) is 11.7. The largest absolute Gasteiger partial charge is 0.492 e. The number of aryl methyl sites for hydroxylation is 1. The number of hydrogen-bond acceptors (Lipinski definition) is 6. The van der Waals surface area contributed by atoms with Crippen molar-refractivity contribution in [3.05, 3.63) is 42.5 Å². The molecule has 3 aromatic rings. The standard InChI is InChI=1S/C14H16N6O/c1-10-18-19-14-13(16-5-7-20(10)14)17-6-8-21-12-4-2-3-11(15)9-12/h2-5,7,9H,6,8,15H2,1H3,(H,16,17). The molecule has 2 aromatic heterocycles. The Bertz CT molecular complexity index is 754. The van der Waals surface area contributed by atoms with E-state index in [1.165, 1.54) is 0 Å². The molecule has 7 heteroatoms. The van der Waals surface area contributed by atoms with Gasteiger partial charge in [-0.15, -0.1) is 10.2 Å². The highest BCUT2D eigenvalue weighted by Crippen LogP contribution is 2.15. The number of fused-ring (bicyclic) bond motifs is 1. The molecule has 0 bridgehead atoms. The number of benzene rings is 1. The third-order valence-electron chi connectivity index (χ3n) is 3.02. The average molecular weight is 284 g/mol. The van der Waals surface area contributed by atoms with E-state index in [9.17, 15) is 0 Å². The summed E-state index contributed by atoms with van der Waals surface area (Å²) >= 11 is 0. The molecule has 0 aliphatic heterocycles. The predicted octanol–water partition coefficient (Wildman–Crippen LogP) is 1.51.